The third-order valence-electron chi connectivity index (χ3n) is 14.2. The number of aromatic nitrogens is 3. The second-order valence-corrected chi connectivity index (χ2v) is 19.5. The van der Waals surface area contributed by atoms with Gasteiger partial charge in [0.05, 0.1) is 41.7 Å². The highest BCUT2D eigenvalue weighted by molar-refractivity contribution is 6.08. The number of esters is 2. The summed E-state index contributed by atoms with van der Waals surface area (Å²) in [6.45, 7) is 13.1. The molecule has 3 unspecified atom stereocenters. The lowest BCUT2D eigenvalue weighted by Crippen LogP contribution is -2.62. The number of benzene rings is 2. The Kier molecular flexibility index (Phi) is 16.2. The molecule has 0 aliphatic carbocycles. The van der Waals surface area contributed by atoms with Crippen molar-refractivity contribution in [2.45, 2.75) is 154 Å². The van der Waals surface area contributed by atoms with Gasteiger partial charge in [-0.05, 0) is 98.2 Å². The van der Waals surface area contributed by atoms with Crippen LogP contribution in [0.2, 0.25) is 0 Å². The van der Waals surface area contributed by atoms with Crippen LogP contribution in [0.15, 0.2) is 60.8 Å². The molecule has 3 saturated heterocycles. The van der Waals surface area contributed by atoms with E-state index in [2.05, 4.69) is 10.3 Å². The molecule has 0 saturated carbocycles. The van der Waals surface area contributed by atoms with Crippen LogP contribution in [0.5, 0.6) is 0 Å². The van der Waals surface area contributed by atoms with Gasteiger partial charge in [0, 0.05) is 49.2 Å². The van der Waals surface area contributed by atoms with Crippen LogP contribution >= 0.6 is 0 Å². The number of ketones is 2. The number of rotatable bonds is 13. The van der Waals surface area contributed by atoms with Crippen LogP contribution in [-0.4, -0.2) is 142 Å². The number of aryl methyl sites for hydroxylation is 1. The van der Waals surface area contributed by atoms with E-state index in [4.69, 9.17) is 34.2 Å². The number of anilines is 1. The average Bonchev–Trinajstić information content (AvgIpc) is 3.89. The standard InChI is InChI=1S/C50H69FN6O11/c1-12-38-50(8)41(57(47(62)68-50)24-17-16-23-56-28-36(53-54-56)34-21-18-22-35(52)26-34)31(4)39(58)29(2)27-48(6,63-11)43(32(5)42(59)49(7,51)46(61)65-38)67-45-40(37(55(9)10)25-30(3)64-45)66-44(60)33-19-14-13-15-20-33/h13-15,18-22,26,28-32,37-38,40-41,43,45H,12,16-17,23-25,27,52H2,1-11H3/t29-,30-,31+,32+,37+,38?,40-,41?,43-,45?,48+,49+,50-/m1/s1. The molecule has 3 aliphatic heterocycles. The summed E-state index contributed by atoms with van der Waals surface area (Å²) in [6.07, 6.45) is -2.87. The number of Topliss-reactive ketones (excluding diaryl/α,β-unsaturated/α-hetero) is 2. The number of nitrogens with two attached hydrogens (primary N) is 1. The minimum atomic E-state index is -3.24. The second-order valence-electron chi connectivity index (χ2n) is 19.5. The van der Waals surface area contributed by atoms with Crippen molar-refractivity contribution in [3.8, 4) is 11.3 Å². The van der Waals surface area contributed by atoms with E-state index >= 15 is 4.39 Å². The summed E-state index contributed by atoms with van der Waals surface area (Å²) in [4.78, 5) is 74.7. The van der Waals surface area contributed by atoms with Gasteiger partial charge in [0.1, 0.15) is 17.6 Å². The van der Waals surface area contributed by atoms with E-state index in [1.807, 2.05) is 50.3 Å². The fourth-order valence-electron chi connectivity index (χ4n) is 10.4. The summed E-state index contributed by atoms with van der Waals surface area (Å²) < 4.78 is 56.5. The number of carbonyl (C=O) groups is 5. The number of methoxy groups -OCH3 is 1. The van der Waals surface area contributed by atoms with Crippen molar-refractivity contribution in [1.29, 1.82) is 0 Å². The van der Waals surface area contributed by atoms with E-state index in [-0.39, 0.29) is 25.2 Å². The van der Waals surface area contributed by atoms with E-state index in [9.17, 15) is 24.0 Å². The number of alkyl halides is 1. The largest absolute Gasteiger partial charge is 0.455 e. The van der Waals surface area contributed by atoms with Crippen LogP contribution < -0.4 is 5.73 Å². The molecular weight excluding hydrogens is 880 g/mol. The molecule has 4 heterocycles. The summed E-state index contributed by atoms with van der Waals surface area (Å²) in [7, 11) is 5.06. The Balaban J connectivity index is 1.31. The fraction of sp³-hybridized carbons (Fsp3) is 0.620. The van der Waals surface area contributed by atoms with Gasteiger partial charge in [-0.1, -0.05) is 63.2 Å². The number of cyclic esters (lactones) is 1. The zero-order valence-electron chi connectivity index (χ0n) is 41.2. The van der Waals surface area contributed by atoms with E-state index in [1.54, 1.807) is 75.7 Å². The van der Waals surface area contributed by atoms with Crippen LogP contribution in [0.3, 0.4) is 0 Å². The lowest BCUT2D eigenvalue weighted by molar-refractivity contribution is -0.295. The Labute approximate surface area is 398 Å². The number of likely N-dealkylation sites (N-methyl/N-ethyl adjacent to an activating group) is 1. The van der Waals surface area contributed by atoms with Gasteiger partial charge in [0.25, 0.3) is 5.67 Å². The maximum atomic E-state index is 17.2. The molecule has 3 aromatic rings. The highest BCUT2D eigenvalue weighted by Gasteiger charge is 2.62. The van der Waals surface area contributed by atoms with Gasteiger partial charge in [-0.3, -0.25) is 14.3 Å². The number of halogens is 1. The maximum Gasteiger partial charge on any atom is 0.410 e. The second kappa shape index (κ2) is 21.1. The van der Waals surface area contributed by atoms with Gasteiger partial charge >= 0.3 is 18.0 Å². The molecule has 1 amide bonds. The van der Waals surface area contributed by atoms with Crippen LogP contribution in [0, 0.1) is 17.8 Å². The summed E-state index contributed by atoms with van der Waals surface area (Å²) in [5.74, 6) is -6.71. The summed E-state index contributed by atoms with van der Waals surface area (Å²) in [5, 5.41) is 8.54. The number of amides is 1. The number of fused-ring (bicyclic) bond motifs is 1. The van der Waals surface area contributed by atoms with E-state index in [0.717, 1.165) is 12.5 Å². The number of ether oxygens (including phenoxy) is 6. The van der Waals surface area contributed by atoms with Crippen molar-refractivity contribution < 1.29 is 56.8 Å². The monoisotopic (exact) mass is 949 g/mol. The lowest BCUT2D eigenvalue weighted by atomic mass is 9.73. The number of carbonyl (C=O) groups excluding carboxylic acids is 5. The molecule has 13 atom stereocenters. The molecule has 68 heavy (non-hydrogen) atoms. The minimum absolute atomic E-state index is 0.0542. The molecule has 17 nitrogen and oxygen atoms in total. The smallest absolute Gasteiger partial charge is 0.410 e. The Bertz CT molecular complexity index is 2280. The van der Waals surface area contributed by atoms with Crippen LogP contribution in [0.4, 0.5) is 14.9 Å². The first-order valence-electron chi connectivity index (χ1n) is 23.6. The van der Waals surface area contributed by atoms with Crippen LogP contribution in [0.25, 0.3) is 11.3 Å². The van der Waals surface area contributed by atoms with Crippen molar-refractivity contribution in [2.75, 3.05) is 33.5 Å². The summed E-state index contributed by atoms with van der Waals surface area (Å²) >= 11 is 0. The van der Waals surface area contributed by atoms with Crippen molar-refractivity contribution in [2.24, 2.45) is 17.8 Å². The molecule has 0 spiro atoms. The molecule has 3 aliphatic rings. The summed E-state index contributed by atoms with van der Waals surface area (Å²) in [5.41, 5.74) is 1.93. The summed E-state index contributed by atoms with van der Waals surface area (Å²) in [6, 6.07) is 14.4. The fourth-order valence-corrected chi connectivity index (χ4v) is 10.4. The Morgan fingerprint density at radius 1 is 0.971 bits per heavy atom. The SMILES string of the molecule is CCC1OC(=O)[C@@](C)(F)C(=O)[C@H](C)[C@@H](OC2O[C@H](C)C[C@H](N(C)C)[C@H]2OC(=O)c2ccccc2)[C@@](C)(OC)C[C@@H](C)C(=O)[C@H](C)C2N(CCCCn3cc(-c4cccc(N)c4)nn3)C(=O)O[C@]12C. The lowest BCUT2D eigenvalue weighted by Gasteiger charge is -2.48. The van der Waals surface area contributed by atoms with Crippen LogP contribution in [-0.2, 0) is 49.3 Å². The van der Waals surface area contributed by atoms with Gasteiger partial charge < -0.3 is 44.0 Å². The van der Waals surface area contributed by atoms with Gasteiger partial charge in [-0.15, -0.1) is 5.10 Å². The highest BCUT2D eigenvalue weighted by atomic mass is 19.1. The molecule has 0 bridgehead atoms. The first-order chi connectivity index (χ1) is 32.1. The van der Waals surface area contributed by atoms with Crippen molar-refractivity contribution in [3.63, 3.8) is 0 Å². The average molecular weight is 949 g/mol. The third kappa shape index (κ3) is 10.8. The first kappa shape index (κ1) is 52.1. The topological polar surface area (TPSA) is 204 Å². The van der Waals surface area contributed by atoms with E-state index < -0.39 is 101 Å². The zero-order valence-corrected chi connectivity index (χ0v) is 41.2. The number of nitrogens with zero attached hydrogens (tertiary/aromatic N) is 5. The molecule has 2 N–H and O–H groups in total. The molecule has 372 valence electrons. The van der Waals surface area contributed by atoms with E-state index in [0.29, 0.717) is 42.8 Å². The molecule has 6 rings (SSSR count). The number of hydrogen-bond donors (Lipinski definition) is 1. The predicted octanol–water partition coefficient (Wildman–Crippen LogP) is 6.47. The van der Waals surface area contributed by atoms with Crippen molar-refractivity contribution in [3.05, 3.63) is 66.4 Å². The Morgan fingerprint density at radius 3 is 2.31 bits per heavy atom. The Morgan fingerprint density at radius 2 is 1.66 bits per heavy atom. The molecule has 2 aromatic carbocycles. The van der Waals surface area contributed by atoms with Gasteiger partial charge in [-0.2, -0.15) is 0 Å². The first-order valence-corrected chi connectivity index (χ1v) is 23.6. The van der Waals surface area contributed by atoms with E-state index in [1.165, 1.54) is 18.9 Å². The highest BCUT2D eigenvalue weighted by Crippen LogP contribution is 2.44. The molecule has 18 heteroatoms. The molecule has 3 fully saturated rings. The van der Waals surface area contributed by atoms with Gasteiger partial charge in [0.15, 0.2) is 23.8 Å². The normalized spacial score (nSPS) is 34.0. The number of hydrogen-bond acceptors (Lipinski definition) is 15. The van der Waals surface area contributed by atoms with Gasteiger partial charge in [-0.25, -0.2) is 18.8 Å². The van der Waals surface area contributed by atoms with Crippen molar-refractivity contribution in [1.82, 2.24) is 24.8 Å². The third-order valence-corrected chi connectivity index (χ3v) is 14.2. The number of unbranched alkanes of at least 4 members (excludes halogenated alkanes) is 1. The molecule has 0 radical (unpaired) electrons. The van der Waals surface area contributed by atoms with Gasteiger partial charge in [0.2, 0.25) is 0 Å². The quantitative estimate of drug-likeness (QED) is 0.0642. The molecule has 1 aromatic heterocycles. The van der Waals surface area contributed by atoms with Crippen molar-refractivity contribution >= 4 is 35.3 Å². The maximum absolute atomic E-state index is 17.2. The van der Waals surface area contributed by atoms with Crippen LogP contribution in [0.1, 0.15) is 97.9 Å². The minimum Gasteiger partial charge on any atom is -0.455 e. The number of nitrogen functional groups attached to an aromatic ring is 1. The molecular formula is C50H69FN6O11. The zero-order chi connectivity index (χ0) is 49.9. The predicted molar refractivity (Wildman–Crippen MR) is 249 cm³/mol. The Hall–Kier alpha value is -5.30.